The van der Waals surface area contributed by atoms with Crippen molar-refractivity contribution in [3.05, 3.63) is 145 Å². The molecule has 0 fully saturated rings. The maximum atomic E-state index is 9.26. The van der Waals surface area contributed by atoms with Gasteiger partial charge in [0.25, 0.3) is 0 Å². The van der Waals surface area contributed by atoms with Crippen LogP contribution in [0.4, 0.5) is 0 Å². The minimum atomic E-state index is 0.332. The van der Waals surface area contributed by atoms with Crippen molar-refractivity contribution in [3.8, 4) is 85.4 Å². The predicted octanol–water partition coefficient (Wildman–Crippen LogP) is 7.67. The molecule has 0 aliphatic rings. The molecule has 48 heavy (non-hydrogen) atoms. The zero-order chi connectivity index (χ0) is 32.9. The molecule has 0 aliphatic heterocycles. The van der Waals surface area contributed by atoms with Gasteiger partial charge in [-0.1, -0.05) is 18.2 Å². The Morgan fingerprint density at radius 2 is 0.625 bits per heavy atom. The molecular formula is C39H21N9. The van der Waals surface area contributed by atoms with E-state index in [1.807, 2.05) is 73.2 Å². The molecule has 6 heterocycles. The predicted molar refractivity (Wildman–Crippen MR) is 180 cm³/mol. The minimum Gasteiger partial charge on any atom is -0.256 e. The SMILES string of the molecule is N#Cc1cc(-c2ccc(-c3cc(-c4ccc(-c5ccnc(C#N)c5)nc4)cc(-c4ccc(-c5ccnc(C#N)c5)nc4)c3)cn2)ccn1. The molecule has 7 aromatic rings. The topological polar surface area (TPSA) is 149 Å². The minimum absolute atomic E-state index is 0.332. The molecule has 0 amide bonds. The molecule has 222 valence electrons. The summed E-state index contributed by atoms with van der Waals surface area (Å²) >= 11 is 0. The first-order chi connectivity index (χ1) is 23.6. The first-order valence-corrected chi connectivity index (χ1v) is 14.7. The highest BCUT2D eigenvalue weighted by Gasteiger charge is 2.11. The van der Waals surface area contributed by atoms with E-state index in [1.54, 1.807) is 36.8 Å². The average Bonchev–Trinajstić information content (AvgIpc) is 3.18. The van der Waals surface area contributed by atoms with Gasteiger partial charge in [0.15, 0.2) is 0 Å². The van der Waals surface area contributed by atoms with Crippen LogP contribution in [0.5, 0.6) is 0 Å². The smallest absolute Gasteiger partial charge is 0.141 e. The molecule has 0 bridgehead atoms. The summed E-state index contributed by atoms with van der Waals surface area (Å²) in [6, 6.07) is 35.0. The number of nitriles is 3. The van der Waals surface area contributed by atoms with Gasteiger partial charge in [0.05, 0.1) is 17.1 Å². The highest BCUT2D eigenvalue weighted by molar-refractivity contribution is 5.82. The number of rotatable bonds is 6. The van der Waals surface area contributed by atoms with Crippen LogP contribution in [0.3, 0.4) is 0 Å². The van der Waals surface area contributed by atoms with Gasteiger partial charge in [-0.3, -0.25) is 15.0 Å². The summed E-state index contributed by atoms with van der Waals surface area (Å²) in [5.41, 5.74) is 11.2. The molecule has 0 aliphatic carbocycles. The molecule has 0 saturated carbocycles. The van der Waals surface area contributed by atoms with Crippen LogP contribution >= 0.6 is 0 Å². The van der Waals surface area contributed by atoms with E-state index >= 15 is 0 Å². The highest BCUT2D eigenvalue weighted by Crippen LogP contribution is 2.34. The molecular weight excluding hydrogens is 594 g/mol. The second-order valence-electron chi connectivity index (χ2n) is 10.7. The number of benzene rings is 1. The van der Waals surface area contributed by atoms with Crippen LogP contribution in [0, 0.1) is 34.0 Å². The fraction of sp³-hybridized carbons (Fsp3) is 0. The Bertz CT molecular complexity index is 2130. The molecule has 0 atom stereocenters. The second-order valence-corrected chi connectivity index (χ2v) is 10.7. The quantitative estimate of drug-likeness (QED) is 0.184. The van der Waals surface area contributed by atoms with Crippen molar-refractivity contribution in [3.63, 3.8) is 0 Å². The lowest BCUT2D eigenvalue weighted by atomic mass is 9.94. The summed E-state index contributed by atoms with van der Waals surface area (Å²) in [5.74, 6) is 0. The second kappa shape index (κ2) is 12.9. The first-order valence-electron chi connectivity index (χ1n) is 14.7. The number of aromatic nitrogens is 6. The summed E-state index contributed by atoms with van der Waals surface area (Å²) in [7, 11) is 0. The maximum Gasteiger partial charge on any atom is 0.141 e. The normalized spacial score (nSPS) is 10.4. The van der Waals surface area contributed by atoms with Gasteiger partial charge in [0.1, 0.15) is 35.3 Å². The number of hydrogen-bond acceptors (Lipinski definition) is 9. The van der Waals surface area contributed by atoms with Crippen molar-refractivity contribution in [2.45, 2.75) is 0 Å². The molecule has 7 rings (SSSR count). The molecule has 9 heteroatoms. The van der Waals surface area contributed by atoms with E-state index in [0.29, 0.717) is 17.1 Å². The zero-order valence-corrected chi connectivity index (χ0v) is 25.1. The molecule has 0 radical (unpaired) electrons. The van der Waals surface area contributed by atoms with Gasteiger partial charge in [0, 0.05) is 70.6 Å². The van der Waals surface area contributed by atoms with Gasteiger partial charge in [-0.05, 0) is 89.5 Å². The highest BCUT2D eigenvalue weighted by atomic mass is 14.7. The molecule has 1 aromatic carbocycles. The summed E-state index contributed by atoms with van der Waals surface area (Å²) in [6.07, 6.45) is 10.3. The zero-order valence-electron chi connectivity index (χ0n) is 25.1. The summed E-state index contributed by atoms with van der Waals surface area (Å²) in [5, 5.41) is 27.8. The van der Waals surface area contributed by atoms with E-state index in [4.69, 9.17) is 15.0 Å². The Labute approximate surface area is 275 Å². The van der Waals surface area contributed by atoms with E-state index < -0.39 is 0 Å². The lowest BCUT2D eigenvalue weighted by Gasteiger charge is -2.12. The summed E-state index contributed by atoms with van der Waals surface area (Å²) < 4.78 is 0. The number of nitrogens with zero attached hydrogens (tertiary/aromatic N) is 9. The van der Waals surface area contributed by atoms with Crippen LogP contribution in [0.15, 0.2) is 128 Å². The van der Waals surface area contributed by atoms with Crippen molar-refractivity contribution >= 4 is 0 Å². The van der Waals surface area contributed by atoms with E-state index in [9.17, 15) is 15.8 Å². The third kappa shape index (κ3) is 6.09. The maximum absolute atomic E-state index is 9.26. The van der Waals surface area contributed by atoms with Crippen LogP contribution in [0.2, 0.25) is 0 Å². The van der Waals surface area contributed by atoms with E-state index in [0.717, 1.165) is 67.2 Å². The van der Waals surface area contributed by atoms with Crippen molar-refractivity contribution in [2.75, 3.05) is 0 Å². The van der Waals surface area contributed by atoms with Crippen LogP contribution in [0.1, 0.15) is 17.1 Å². The largest absolute Gasteiger partial charge is 0.256 e. The molecule has 0 saturated heterocycles. The van der Waals surface area contributed by atoms with E-state index in [1.165, 1.54) is 0 Å². The van der Waals surface area contributed by atoms with Gasteiger partial charge in [-0.2, -0.15) is 15.8 Å². The Balaban J connectivity index is 1.28. The molecule has 6 aromatic heterocycles. The van der Waals surface area contributed by atoms with Crippen molar-refractivity contribution in [1.82, 2.24) is 29.9 Å². The van der Waals surface area contributed by atoms with Crippen LogP contribution in [-0.2, 0) is 0 Å². The Morgan fingerprint density at radius 1 is 0.312 bits per heavy atom. The van der Waals surface area contributed by atoms with Gasteiger partial charge < -0.3 is 0 Å². The molecule has 9 nitrogen and oxygen atoms in total. The first kappa shape index (κ1) is 29.3. The Morgan fingerprint density at radius 3 is 0.875 bits per heavy atom. The van der Waals surface area contributed by atoms with Gasteiger partial charge in [0.2, 0.25) is 0 Å². The molecule has 0 N–H and O–H groups in total. The van der Waals surface area contributed by atoms with Crippen molar-refractivity contribution in [2.24, 2.45) is 0 Å². The third-order valence-corrected chi connectivity index (χ3v) is 7.73. The van der Waals surface area contributed by atoms with Crippen molar-refractivity contribution < 1.29 is 0 Å². The third-order valence-electron chi connectivity index (χ3n) is 7.73. The monoisotopic (exact) mass is 615 g/mol. The number of hydrogen-bond donors (Lipinski definition) is 0. The van der Waals surface area contributed by atoms with Gasteiger partial charge >= 0.3 is 0 Å². The molecule has 0 spiro atoms. The summed E-state index contributed by atoms with van der Waals surface area (Å²) in [4.78, 5) is 26.3. The van der Waals surface area contributed by atoms with Crippen LogP contribution in [0.25, 0.3) is 67.2 Å². The Kier molecular flexibility index (Phi) is 7.88. The van der Waals surface area contributed by atoms with E-state index in [-0.39, 0.29) is 0 Å². The lowest BCUT2D eigenvalue weighted by molar-refractivity contribution is 1.25. The number of pyridine rings is 6. The van der Waals surface area contributed by atoms with Crippen molar-refractivity contribution in [1.29, 1.82) is 15.8 Å². The van der Waals surface area contributed by atoms with Gasteiger partial charge in [-0.25, -0.2) is 15.0 Å². The van der Waals surface area contributed by atoms with Crippen LogP contribution in [-0.4, -0.2) is 29.9 Å². The Hall–Kier alpha value is -7.41. The fourth-order valence-corrected chi connectivity index (χ4v) is 5.29. The lowest BCUT2D eigenvalue weighted by Crippen LogP contribution is -1.91. The standard InChI is InChI=1S/C39H21N9/c40-19-34-16-25(7-10-43-34)37-4-1-28(22-46-37)31-13-32(29-2-5-38(47-23-29)26-8-11-44-35(17-26)20-41)15-33(14-31)30-3-6-39(48-24-30)27-9-12-45-36(18-27)21-42/h1-18,22-24H. The van der Waals surface area contributed by atoms with Crippen LogP contribution < -0.4 is 0 Å². The fourth-order valence-electron chi connectivity index (χ4n) is 5.29. The summed E-state index contributed by atoms with van der Waals surface area (Å²) in [6.45, 7) is 0. The van der Waals surface area contributed by atoms with E-state index in [2.05, 4.69) is 51.4 Å². The molecule has 0 unspecified atom stereocenters. The average molecular weight is 616 g/mol. The van der Waals surface area contributed by atoms with Gasteiger partial charge in [-0.15, -0.1) is 0 Å².